The normalized spacial score (nSPS) is 11.2. The summed E-state index contributed by atoms with van der Waals surface area (Å²) in [6.45, 7) is 0. The molecule has 0 aromatic carbocycles. The van der Waals surface area contributed by atoms with Crippen molar-refractivity contribution >= 4 is 27.2 Å². The molecule has 0 radical (unpaired) electrons. The topological polar surface area (TPSA) is 99.7 Å². The minimum atomic E-state index is -0.603. The van der Waals surface area contributed by atoms with Crippen molar-refractivity contribution < 1.29 is 4.52 Å². The van der Waals surface area contributed by atoms with E-state index >= 15 is 0 Å². The molecule has 3 aromatic heterocycles. The van der Waals surface area contributed by atoms with Crippen molar-refractivity contribution in [2.75, 3.05) is 19.0 Å². The van der Waals surface area contributed by atoms with Gasteiger partial charge in [0.05, 0.1) is 11.9 Å². The van der Waals surface area contributed by atoms with E-state index in [0.29, 0.717) is 16.5 Å². The number of hydrogen-bond donors (Lipinski definition) is 1. The lowest BCUT2D eigenvalue weighted by Gasteiger charge is -2.05. The fraction of sp³-hybridized carbons (Fsp3) is 0.154. The minimum absolute atomic E-state index is 0.0697. The van der Waals surface area contributed by atoms with Gasteiger partial charge in [0.1, 0.15) is 10.7 Å². The molecule has 3 aromatic rings. The van der Waals surface area contributed by atoms with Crippen LogP contribution in [0.1, 0.15) is 0 Å². The first kappa shape index (κ1) is 14.1. The second-order valence-corrected chi connectivity index (χ2v) is 5.49. The van der Waals surface area contributed by atoms with E-state index < -0.39 is 5.63 Å². The summed E-state index contributed by atoms with van der Waals surface area (Å²) in [4.78, 5) is 21.9. The molecule has 0 atom stereocenters. The lowest BCUT2D eigenvalue weighted by Crippen LogP contribution is -2.05. The summed E-state index contributed by atoms with van der Waals surface area (Å²) in [6.07, 6.45) is 3.31. The van der Waals surface area contributed by atoms with Gasteiger partial charge in [0.25, 0.3) is 0 Å². The van der Waals surface area contributed by atoms with E-state index in [0.717, 1.165) is 5.00 Å². The van der Waals surface area contributed by atoms with Gasteiger partial charge in [-0.25, -0.2) is 14.9 Å². The van der Waals surface area contributed by atoms with Crippen LogP contribution in [0.25, 0.3) is 11.4 Å². The largest absolute Gasteiger partial charge is 0.385 e. The fourth-order valence-corrected chi connectivity index (χ4v) is 2.34. The van der Waals surface area contributed by atoms with Crippen LogP contribution in [0.3, 0.4) is 0 Å². The van der Waals surface area contributed by atoms with Crippen molar-refractivity contribution in [2.24, 2.45) is 10.2 Å². The summed E-state index contributed by atoms with van der Waals surface area (Å²) in [5, 5.41) is 11.9. The second kappa shape index (κ2) is 5.90. The van der Waals surface area contributed by atoms with Gasteiger partial charge in [0, 0.05) is 20.3 Å². The van der Waals surface area contributed by atoms with Crippen molar-refractivity contribution in [2.45, 2.75) is 0 Å². The van der Waals surface area contributed by atoms with Gasteiger partial charge >= 0.3 is 5.63 Å². The van der Waals surface area contributed by atoms with E-state index in [2.05, 4.69) is 25.4 Å². The van der Waals surface area contributed by atoms with E-state index in [1.54, 1.807) is 30.6 Å². The molecule has 0 aliphatic carbocycles. The summed E-state index contributed by atoms with van der Waals surface area (Å²) in [5.74, 6) is 0. The number of rotatable bonds is 4. The first-order valence-corrected chi connectivity index (χ1v) is 7.14. The van der Waals surface area contributed by atoms with Crippen LogP contribution in [0.2, 0.25) is 0 Å². The van der Waals surface area contributed by atoms with Crippen LogP contribution in [-0.2, 0) is 0 Å². The quantitative estimate of drug-likeness (QED) is 0.746. The molecule has 8 nitrogen and oxygen atoms in total. The molecule has 0 fully saturated rings. The molecule has 0 bridgehead atoms. The average Bonchev–Trinajstić information content (AvgIpc) is 3.13. The maximum Gasteiger partial charge on any atom is 0.385 e. The second-order valence-electron chi connectivity index (χ2n) is 4.51. The van der Waals surface area contributed by atoms with Gasteiger partial charge in [-0.05, 0) is 12.1 Å². The van der Waals surface area contributed by atoms with Crippen molar-refractivity contribution in [3.05, 3.63) is 41.0 Å². The van der Waals surface area contributed by atoms with Crippen molar-refractivity contribution in [3.8, 4) is 11.4 Å². The number of anilines is 1. The van der Waals surface area contributed by atoms with Gasteiger partial charge in [-0.3, -0.25) is 4.98 Å². The molecule has 0 amide bonds. The SMILES string of the molecule is CN(C)c1cnc(N=Nc2c(-c3ccccn3)[nH]oc2=O)s1. The molecule has 22 heavy (non-hydrogen) atoms. The molecule has 0 spiro atoms. The van der Waals surface area contributed by atoms with Crippen LogP contribution in [-0.4, -0.2) is 29.2 Å². The lowest BCUT2D eigenvalue weighted by molar-refractivity contribution is 0.394. The number of azo groups is 1. The lowest BCUT2D eigenvalue weighted by atomic mass is 10.2. The first-order chi connectivity index (χ1) is 10.6. The van der Waals surface area contributed by atoms with E-state index in [-0.39, 0.29) is 5.69 Å². The van der Waals surface area contributed by atoms with E-state index in [1.165, 1.54) is 11.3 Å². The van der Waals surface area contributed by atoms with E-state index in [4.69, 9.17) is 4.52 Å². The molecule has 112 valence electrons. The molecule has 9 heteroatoms. The molecule has 1 N–H and O–H groups in total. The summed E-state index contributed by atoms with van der Waals surface area (Å²) < 4.78 is 4.78. The van der Waals surface area contributed by atoms with Gasteiger partial charge in [-0.2, -0.15) is 0 Å². The highest BCUT2D eigenvalue weighted by Crippen LogP contribution is 2.30. The molecule has 3 heterocycles. The average molecular weight is 316 g/mol. The smallest absolute Gasteiger partial charge is 0.368 e. The Hall–Kier alpha value is -2.81. The highest BCUT2D eigenvalue weighted by Gasteiger charge is 2.15. The Morgan fingerprint density at radius 3 is 2.82 bits per heavy atom. The Kier molecular flexibility index (Phi) is 3.79. The third kappa shape index (κ3) is 2.79. The standard InChI is InChI=1S/C13H12N6O2S/c1-19(2)9-7-15-13(22-9)17-16-11-10(18-21-12(11)20)8-5-3-4-6-14-8/h3-7,18H,1-2H3. The van der Waals surface area contributed by atoms with Crippen LogP contribution in [0.15, 0.2) is 50.1 Å². The molecular weight excluding hydrogens is 304 g/mol. The fourth-order valence-electron chi connectivity index (χ4n) is 1.67. The summed E-state index contributed by atoms with van der Waals surface area (Å²) >= 11 is 1.37. The van der Waals surface area contributed by atoms with Gasteiger partial charge in [0.15, 0.2) is 0 Å². The highest BCUT2D eigenvalue weighted by atomic mass is 32.1. The Morgan fingerprint density at radius 2 is 2.14 bits per heavy atom. The summed E-state index contributed by atoms with van der Waals surface area (Å²) in [6, 6.07) is 5.33. The number of nitrogens with one attached hydrogen (secondary N) is 1. The van der Waals surface area contributed by atoms with Crippen LogP contribution in [0, 0.1) is 0 Å². The zero-order valence-electron chi connectivity index (χ0n) is 11.8. The van der Waals surface area contributed by atoms with Crippen LogP contribution in [0.5, 0.6) is 0 Å². The molecular formula is C13H12N6O2S. The predicted octanol–water partition coefficient (Wildman–Crippen LogP) is 2.97. The zero-order valence-corrected chi connectivity index (χ0v) is 12.7. The Morgan fingerprint density at radius 1 is 1.27 bits per heavy atom. The van der Waals surface area contributed by atoms with Gasteiger partial charge in [-0.1, -0.05) is 17.4 Å². The van der Waals surface area contributed by atoms with Gasteiger partial charge in [-0.15, -0.1) is 10.2 Å². The third-order valence-corrected chi connectivity index (χ3v) is 3.80. The van der Waals surface area contributed by atoms with Crippen molar-refractivity contribution in [1.82, 2.24) is 15.1 Å². The number of aromatic nitrogens is 3. The molecule has 0 unspecified atom stereocenters. The third-order valence-electron chi connectivity index (χ3n) is 2.75. The number of hydrogen-bond acceptors (Lipinski definition) is 8. The van der Waals surface area contributed by atoms with Crippen molar-refractivity contribution in [3.63, 3.8) is 0 Å². The van der Waals surface area contributed by atoms with E-state index in [1.807, 2.05) is 19.0 Å². The van der Waals surface area contributed by atoms with Gasteiger partial charge < -0.3 is 9.42 Å². The molecule has 0 aliphatic rings. The number of H-pyrrole nitrogens is 1. The zero-order chi connectivity index (χ0) is 15.5. The number of thiazole rings is 1. The molecule has 0 saturated carbocycles. The Bertz CT molecular complexity index is 849. The maximum absolute atomic E-state index is 11.7. The number of nitrogens with zero attached hydrogens (tertiary/aromatic N) is 5. The molecule has 3 rings (SSSR count). The molecule has 0 aliphatic heterocycles. The van der Waals surface area contributed by atoms with Crippen LogP contribution >= 0.6 is 11.3 Å². The van der Waals surface area contributed by atoms with E-state index in [9.17, 15) is 4.79 Å². The van der Waals surface area contributed by atoms with Crippen molar-refractivity contribution in [1.29, 1.82) is 0 Å². The Labute approximate surface area is 129 Å². The highest BCUT2D eigenvalue weighted by molar-refractivity contribution is 7.19. The summed E-state index contributed by atoms with van der Waals surface area (Å²) in [5.41, 5.74) is 0.406. The van der Waals surface area contributed by atoms with Crippen LogP contribution in [0.4, 0.5) is 15.8 Å². The summed E-state index contributed by atoms with van der Waals surface area (Å²) in [7, 11) is 3.82. The number of aromatic amines is 1. The number of pyridine rings is 1. The van der Waals surface area contributed by atoms with Gasteiger partial charge in [0.2, 0.25) is 10.8 Å². The Balaban J connectivity index is 1.94. The first-order valence-electron chi connectivity index (χ1n) is 6.33. The monoisotopic (exact) mass is 316 g/mol. The minimum Gasteiger partial charge on any atom is -0.368 e. The predicted molar refractivity (Wildman–Crippen MR) is 83.2 cm³/mol. The molecule has 0 saturated heterocycles. The van der Waals surface area contributed by atoms with Crippen LogP contribution < -0.4 is 10.5 Å². The maximum atomic E-state index is 11.7.